The molecule has 1 fully saturated rings. The summed E-state index contributed by atoms with van der Waals surface area (Å²) in [5.41, 5.74) is -1.81. The van der Waals surface area contributed by atoms with Crippen molar-refractivity contribution in [2.24, 2.45) is 0 Å². The predicted octanol–water partition coefficient (Wildman–Crippen LogP) is 1.30. The second-order valence-corrected chi connectivity index (χ2v) is 5.94. The summed E-state index contributed by atoms with van der Waals surface area (Å²) in [6.07, 6.45) is 2.95. The molecule has 1 saturated heterocycles. The van der Waals surface area contributed by atoms with Crippen molar-refractivity contribution < 1.29 is 19.4 Å². The van der Waals surface area contributed by atoms with E-state index >= 15 is 0 Å². The van der Waals surface area contributed by atoms with Gasteiger partial charge >= 0.3 is 12.1 Å². The number of carboxylic acids is 1. The quantitative estimate of drug-likeness (QED) is 0.883. The molecule has 0 aromatic carbocycles. The number of aromatic nitrogens is 2. The summed E-state index contributed by atoms with van der Waals surface area (Å²) in [7, 11) is 0. The van der Waals surface area contributed by atoms with Crippen LogP contribution in [0.4, 0.5) is 4.79 Å². The average Bonchev–Trinajstić information content (AvgIpc) is 2.97. The Bertz CT molecular complexity index is 506. The molecule has 0 saturated carbocycles. The fourth-order valence-corrected chi connectivity index (χ4v) is 2.26. The van der Waals surface area contributed by atoms with Crippen LogP contribution in [0.2, 0.25) is 0 Å². The van der Waals surface area contributed by atoms with Gasteiger partial charge < -0.3 is 14.7 Å². The molecule has 1 aromatic rings. The van der Waals surface area contributed by atoms with E-state index in [1.165, 1.54) is 15.8 Å². The summed E-state index contributed by atoms with van der Waals surface area (Å²) in [4.78, 5) is 25.1. The van der Waals surface area contributed by atoms with Crippen molar-refractivity contribution in [3.05, 3.63) is 18.5 Å². The smallest absolute Gasteiger partial charge is 0.410 e. The lowest BCUT2D eigenvalue weighted by atomic mass is 9.99. The number of rotatable bonds is 2. The van der Waals surface area contributed by atoms with E-state index in [1.54, 1.807) is 33.0 Å². The van der Waals surface area contributed by atoms with Crippen LogP contribution in [0.1, 0.15) is 27.2 Å². The van der Waals surface area contributed by atoms with Gasteiger partial charge in [-0.3, -0.25) is 4.68 Å². The van der Waals surface area contributed by atoms with Crippen molar-refractivity contribution in [1.29, 1.82) is 0 Å². The second-order valence-electron chi connectivity index (χ2n) is 5.94. The first kappa shape index (κ1) is 14.4. The maximum absolute atomic E-state index is 12.0. The Kier molecular flexibility index (Phi) is 3.45. The van der Waals surface area contributed by atoms with Crippen LogP contribution < -0.4 is 0 Å². The maximum atomic E-state index is 12.0. The zero-order valence-electron chi connectivity index (χ0n) is 11.9. The fourth-order valence-electron chi connectivity index (χ4n) is 2.26. The van der Waals surface area contributed by atoms with Crippen LogP contribution in [-0.4, -0.2) is 50.5 Å². The van der Waals surface area contributed by atoms with Crippen molar-refractivity contribution in [3.8, 4) is 0 Å². The van der Waals surface area contributed by atoms with Gasteiger partial charge in [0, 0.05) is 25.4 Å². The number of amides is 1. The summed E-state index contributed by atoms with van der Waals surface area (Å²) in [5, 5.41) is 13.5. The molecule has 0 radical (unpaired) electrons. The van der Waals surface area contributed by atoms with Crippen molar-refractivity contribution in [1.82, 2.24) is 14.7 Å². The summed E-state index contributed by atoms with van der Waals surface area (Å²) in [5.74, 6) is -0.993. The van der Waals surface area contributed by atoms with Crippen molar-refractivity contribution in [2.45, 2.75) is 38.3 Å². The van der Waals surface area contributed by atoms with E-state index in [9.17, 15) is 14.7 Å². The molecule has 1 unspecified atom stereocenters. The van der Waals surface area contributed by atoms with Gasteiger partial charge in [0.1, 0.15) is 5.60 Å². The number of hydrogen-bond donors (Lipinski definition) is 1. The zero-order chi connectivity index (χ0) is 15.0. The summed E-state index contributed by atoms with van der Waals surface area (Å²) < 4.78 is 6.68. The average molecular weight is 281 g/mol. The minimum Gasteiger partial charge on any atom is -0.479 e. The first-order valence-corrected chi connectivity index (χ1v) is 6.46. The lowest BCUT2D eigenvalue weighted by molar-refractivity contribution is -0.147. The van der Waals surface area contributed by atoms with Crippen LogP contribution in [0.3, 0.4) is 0 Å². The minimum atomic E-state index is -1.21. The number of likely N-dealkylation sites (tertiary alicyclic amines) is 1. The Morgan fingerprint density at radius 2 is 2.10 bits per heavy atom. The van der Waals surface area contributed by atoms with Gasteiger partial charge in [-0.15, -0.1) is 0 Å². The molecule has 7 nitrogen and oxygen atoms in total. The molecule has 0 aliphatic carbocycles. The van der Waals surface area contributed by atoms with E-state index in [0.717, 1.165) is 0 Å². The topological polar surface area (TPSA) is 84.7 Å². The van der Waals surface area contributed by atoms with Gasteiger partial charge in [-0.1, -0.05) is 0 Å². The van der Waals surface area contributed by atoms with Crippen LogP contribution >= 0.6 is 0 Å². The highest BCUT2D eigenvalue weighted by molar-refractivity contribution is 5.79. The lowest BCUT2D eigenvalue weighted by Crippen LogP contribution is -2.46. The van der Waals surface area contributed by atoms with Gasteiger partial charge in [0.05, 0.1) is 6.54 Å². The maximum Gasteiger partial charge on any atom is 0.410 e. The van der Waals surface area contributed by atoms with Gasteiger partial charge in [0.25, 0.3) is 0 Å². The van der Waals surface area contributed by atoms with E-state index in [1.807, 2.05) is 0 Å². The molecule has 1 N–H and O–H groups in total. The molecule has 0 spiro atoms. The van der Waals surface area contributed by atoms with Gasteiger partial charge in [-0.05, 0) is 26.8 Å². The van der Waals surface area contributed by atoms with Gasteiger partial charge in [0.2, 0.25) is 0 Å². The third-order valence-electron chi connectivity index (χ3n) is 3.24. The minimum absolute atomic E-state index is 0.0545. The van der Waals surface area contributed by atoms with Crippen LogP contribution in [0.25, 0.3) is 0 Å². The standard InChI is InChI=1S/C13H19N3O4/c1-12(2,3)20-11(19)15-8-5-13(9-15,10(17)18)16-7-4-6-14-16/h4,6-7H,5,8-9H2,1-3H3,(H,17,18). The molecule has 2 rings (SSSR count). The largest absolute Gasteiger partial charge is 0.479 e. The zero-order valence-corrected chi connectivity index (χ0v) is 11.9. The van der Waals surface area contributed by atoms with Crippen molar-refractivity contribution >= 4 is 12.1 Å². The van der Waals surface area contributed by atoms with Crippen LogP contribution in [0, 0.1) is 0 Å². The lowest BCUT2D eigenvalue weighted by Gasteiger charge is -2.27. The van der Waals surface area contributed by atoms with Crippen LogP contribution in [0.5, 0.6) is 0 Å². The number of carbonyl (C=O) groups excluding carboxylic acids is 1. The second kappa shape index (κ2) is 4.81. The van der Waals surface area contributed by atoms with E-state index < -0.39 is 23.2 Å². The highest BCUT2D eigenvalue weighted by atomic mass is 16.6. The SMILES string of the molecule is CC(C)(C)OC(=O)N1CCC(C(=O)O)(n2cccn2)C1. The molecule has 20 heavy (non-hydrogen) atoms. The molecule has 0 bridgehead atoms. The highest BCUT2D eigenvalue weighted by Gasteiger charge is 2.49. The normalized spacial score (nSPS) is 22.9. The van der Waals surface area contributed by atoms with Gasteiger partial charge in [0.15, 0.2) is 5.54 Å². The number of carbonyl (C=O) groups is 2. The molecule has 1 amide bonds. The third-order valence-corrected chi connectivity index (χ3v) is 3.24. The van der Waals surface area contributed by atoms with E-state index in [2.05, 4.69) is 5.10 Å². The molecule has 1 atom stereocenters. The van der Waals surface area contributed by atoms with Gasteiger partial charge in [-0.25, -0.2) is 9.59 Å². The number of ether oxygens (including phenoxy) is 1. The fraction of sp³-hybridized carbons (Fsp3) is 0.615. The first-order valence-electron chi connectivity index (χ1n) is 6.46. The molecule has 7 heteroatoms. The number of aliphatic carboxylic acids is 1. The third kappa shape index (κ3) is 2.61. The summed E-state index contributed by atoms with van der Waals surface area (Å²) in [6, 6.07) is 1.67. The molecular weight excluding hydrogens is 262 g/mol. The van der Waals surface area contributed by atoms with E-state index in [-0.39, 0.29) is 6.54 Å². The summed E-state index contributed by atoms with van der Waals surface area (Å²) in [6.45, 7) is 5.72. The molecule has 2 heterocycles. The highest BCUT2D eigenvalue weighted by Crippen LogP contribution is 2.30. The first-order chi connectivity index (χ1) is 9.24. The molecule has 1 aliphatic rings. The number of nitrogens with zero attached hydrogens (tertiary/aromatic N) is 3. The molecular formula is C13H19N3O4. The Hall–Kier alpha value is -2.05. The van der Waals surface area contributed by atoms with Crippen LogP contribution in [-0.2, 0) is 15.1 Å². The van der Waals surface area contributed by atoms with Crippen LogP contribution in [0.15, 0.2) is 18.5 Å². The molecule has 1 aromatic heterocycles. The van der Waals surface area contributed by atoms with Crippen molar-refractivity contribution in [2.75, 3.05) is 13.1 Å². The van der Waals surface area contributed by atoms with E-state index in [4.69, 9.17) is 4.74 Å². The Labute approximate surface area is 117 Å². The van der Waals surface area contributed by atoms with E-state index in [0.29, 0.717) is 13.0 Å². The number of carboxylic acid groups (broad SMARTS) is 1. The van der Waals surface area contributed by atoms with Gasteiger partial charge in [-0.2, -0.15) is 5.10 Å². The van der Waals surface area contributed by atoms with Crippen molar-refractivity contribution in [3.63, 3.8) is 0 Å². The Balaban J connectivity index is 2.17. The molecule has 1 aliphatic heterocycles. The summed E-state index contributed by atoms with van der Waals surface area (Å²) >= 11 is 0. The Morgan fingerprint density at radius 1 is 1.40 bits per heavy atom. The number of hydrogen-bond acceptors (Lipinski definition) is 4. The monoisotopic (exact) mass is 281 g/mol. The predicted molar refractivity (Wildman–Crippen MR) is 70.3 cm³/mol. The Morgan fingerprint density at radius 3 is 2.60 bits per heavy atom. The molecule has 110 valence electrons.